The van der Waals surface area contributed by atoms with Crippen LogP contribution in [0.2, 0.25) is 0 Å². The van der Waals surface area contributed by atoms with Gasteiger partial charge >= 0.3 is 11.9 Å². The zero-order valence-corrected chi connectivity index (χ0v) is 12.5. The molecule has 0 N–H and O–H groups in total. The highest BCUT2D eigenvalue weighted by atomic mass is 16.5. The molecule has 0 aromatic carbocycles. The Morgan fingerprint density at radius 3 is 2.80 bits per heavy atom. The van der Waals surface area contributed by atoms with Gasteiger partial charge in [-0.3, -0.25) is 4.79 Å². The molecule has 0 aromatic rings. The molecule has 3 aliphatic rings. The second-order valence-electron chi connectivity index (χ2n) is 6.80. The van der Waals surface area contributed by atoms with Gasteiger partial charge in [-0.25, -0.2) is 4.79 Å². The average molecular weight is 278 g/mol. The van der Waals surface area contributed by atoms with Gasteiger partial charge in [0.25, 0.3) is 0 Å². The van der Waals surface area contributed by atoms with Crippen molar-refractivity contribution >= 4 is 11.9 Å². The number of cyclic esters (lactones) is 1. The molecule has 1 fully saturated rings. The van der Waals surface area contributed by atoms with Crippen LogP contribution in [0.1, 0.15) is 46.0 Å². The number of methoxy groups -OCH3 is 1. The van der Waals surface area contributed by atoms with E-state index in [-0.39, 0.29) is 23.3 Å². The fourth-order valence-corrected chi connectivity index (χ4v) is 4.84. The van der Waals surface area contributed by atoms with Crippen LogP contribution in [0, 0.1) is 16.7 Å². The van der Waals surface area contributed by atoms with E-state index in [1.54, 1.807) is 0 Å². The first-order chi connectivity index (χ1) is 9.43. The van der Waals surface area contributed by atoms with Gasteiger partial charge in [0.15, 0.2) is 0 Å². The quantitative estimate of drug-likeness (QED) is 0.692. The van der Waals surface area contributed by atoms with Crippen molar-refractivity contribution in [1.82, 2.24) is 0 Å². The van der Waals surface area contributed by atoms with E-state index in [9.17, 15) is 9.59 Å². The minimum Gasteiger partial charge on any atom is -0.469 e. The number of ether oxygens (including phenoxy) is 2. The Morgan fingerprint density at radius 2 is 2.10 bits per heavy atom. The van der Waals surface area contributed by atoms with Crippen LogP contribution in [0.3, 0.4) is 0 Å². The van der Waals surface area contributed by atoms with Gasteiger partial charge in [0, 0.05) is 5.57 Å². The lowest BCUT2D eigenvalue weighted by Gasteiger charge is -2.53. The van der Waals surface area contributed by atoms with E-state index in [4.69, 9.17) is 9.47 Å². The Labute approximate surface area is 119 Å². The molecule has 0 amide bonds. The van der Waals surface area contributed by atoms with Crippen LogP contribution in [0.25, 0.3) is 0 Å². The summed E-state index contributed by atoms with van der Waals surface area (Å²) in [4.78, 5) is 24.1. The molecule has 0 radical (unpaired) electrons. The van der Waals surface area contributed by atoms with Gasteiger partial charge in [-0.05, 0) is 49.5 Å². The fourth-order valence-electron chi connectivity index (χ4n) is 4.84. The number of carbonyl (C=O) groups excluding carboxylic acids is 2. The van der Waals surface area contributed by atoms with Crippen molar-refractivity contribution in [3.63, 3.8) is 0 Å². The van der Waals surface area contributed by atoms with E-state index in [2.05, 4.69) is 6.92 Å². The van der Waals surface area contributed by atoms with E-state index >= 15 is 0 Å². The molecule has 0 aromatic heterocycles. The first kappa shape index (κ1) is 13.7. The largest absolute Gasteiger partial charge is 0.469 e. The molecule has 1 aliphatic heterocycles. The molecule has 20 heavy (non-hydrogen) atoms. The van der Waals surface area contributed by atoms with Gasteiger partial charge in [0.1, 0.15) is 6.61 Å². The molecule has 0 saturated heterocycles. The highest BCUT2D eigenvalue weighted by Crippen LogP contribution is 2.60. The summed E-state index contributed by atoms with van der Waals surface area (Å²) < 4.78 is 10.3. The Kier molecular flexibility index (Phi) is 2.96. The van der Waals surface area contributed by atoms with E-state index in [1.807, 2.05) is 6.92 Å². The molecule has 0 unspecified atom stereocenters. The van der Waals surface area contributed by atoms with Crippen molar-refractivity contribution in [3.8, 4) is 0 Å². The topological polar surface area (TPSA) is 52.6 Å². The third-order valence-electron chi connectivity index (χ3n) is 5.91. The summed E-state index contributed by atoms with van der Waals surface area (Å²) in [6.45, 7) is 4.65. The van der Waals surface area contributed by atoms with Crippen molar-refractivity contribution < 1.29 is 19.1 Å². The van der Waals surface area contributed by atoms with Gasteiger partial charge in [-0.2, -0.15) is 0 Å². The number of rotatable bonds is 1. The lowest BCUT2D eigenvalue weighted by molar-refractivity contribution is -0.163. The number of hydrogen-bond acceptors (Lipinski definition) is 4. The molecule has 0 bridgehead atoms. The van der Waals surface area contributed by atoms with Crippen LogP contribution in [0.5, 0.6) is 0 Å². The summed E-state index contributed by atoms with van der Waals surface area (Å²) in [6, 6.07) is 0. The van der Waals surface area contributed by atoms with Crippen LogP contribution in [-0.2, 0) is 19.1 Å². The summed E-state index contributed by atoms with van der Waals surface area (Å²) in [5.41, 5.74) is 1.48. The molecular weight excluding hydrogens is 256 g/mol. The molecule has 2 aliphatic carbocycles. The van der Waals surface area contributed by atoms with Crippen molar-refractivity contribution in [1.29, 1.82) is 0 Å². The zero-order chi connectivity index (χ0) is 14.5. The standard InChI is InChI=1S/C16H22O4/c1-15-7-4-8-16(2,14(18)19-3)12(15)6-5-10-11(15)9-20-13(10)17/h12H,4-9H2,1-3H3/t12-,15-,16+/m1/s1. The molecule has 4 nitrogen and oxygen atoms in total. The van der Waals surface area contributed by atoms with Gasteiger partial charge in [-0.1, -0.05) is 13.3 Å². The number of esters is 2. The molecule has 1 saturated carbocycles. The first-order valence-electron chi connectivity index (χ1n) is 7.41. The average Bonchev–Trinajstić information content (AvgIpc) is 2.80. The summed E-state index contributed by atoms with van der Waals surface area (Å²) >= 11 is 0. The van der Waals surface area contributed by atoms with Gasteiger partial charge in [0.05, 0.1) is 12.5 Å². The van der Waals surface area contributed by atoms with Crippen LogP contribution >= 0.6 is 0 Å². The van der Waals surface area contributed by atoms with Crippen molar-refractivity contribution in [2.24, 2.45) is 16.7 Å². The Hall–Kier alpha value is -1.32. The van der Waals surface area contributed by atoms with Crippen molar-refractivity contribution in [3.05, 3.63) is 11.1 Å². The van der Waals surface area contributed by atoms with Gasteiger partial charge in [0.2, 0.25) is 0 Å². The maximum absolute atomic E-state index is 12.3. The first-order valence-corrected chi connectivity index (χ1v) is 7.41. The van der Waals surface area contributed by atoms with Crippen LogP contribution in [-0.4, -0.2) is 25.7 Å². The maximum Gasteiger partial charge on any atom is 0.334 e. The molecule has 110 valence electrons. The lowest BCUT2D eigenvalue weighted by Crippen LogP contribution is -2.51. The summed E-state index contributed by atoms with van der Waals surface area (Å²) in [7, 11) is 1.47. The Morgan fingerprint density at radius 1 is 1.35 bits per heavy atom. The highest BCUT2D eigenvalue weighted by molar-refractivity contribution is 5.92. The van der Waals surface area contributed by atoms with E-state index in [1.165, 1.54) is 7.11 Å². The SMILES string of the molecule is COC(=O)[C@@]1(C)CCC[C@]2(C)C3=C(CC[C@@H]12)C(=O)OC3. The lowest BCUT2D eigenvalue weighted by atomic mass is 9.50. The molecule has 4 heteroatoms. The third kappa shape index (κ3) is 1.60. The summed E-state index contributed by atoms with van der Waals surface area (Å²) in [5, 5.41) is 0. The molecular formula is C16H22O4. The monoisotopic (exact) mass is 278 g/mol. The molecule has 0 spiro atoms. The second kappa shape index (κ2) is 4.34. The predicted octanol–water partition coefficient (Wildman–Crippen LogP) is 2.62. The number of fused-ring (bicyclic) bond motifs is 2. The normalized spacial score (nSPS) is 40.0. The smallest absolute Gasteiger partial charge is 0.334 e. The second-order valence-corrected chi connectivity index (χ2v) is 6.80. The molecule has 1 heterocycles. The van der Waals surface area contributed by atoms with Crippen LogP contribution < -0.4 is 0 Å². The third-order valence-corrected chi connectivity index (χ3v) is 5.91. The number of carbonyl (C=O) groups is 2. The van der Waals surface area contributed by atoms with Crippen molar-refractivity contribution in [2.75, 3.05) is 13.7 Å². The summed E-state index contributed by atoms with van der Waals surface area (Å²) in [6.07, 6.45) is 4.50. The molecule has 3 rings (SSSR count). The van der Waals surface area contributed by atoms with E-state index in [0.717, 1.165) is 43.3 Å². The van der Waals surface area contributed by atoms with Gasteiger partial charge < -0.3 is 9.47 Å². The van der Waals surface area contributed by atoms with E-state index in [0.29, 0.717) is 6.61 Å². The predicted molar refractivity (Wildman–Crippen MR) is 72.8 cm³/mol. The van der Waals surface area contributed by atoms with Crippen LogP contribution in [0.15, 0.2) is 11.1 Å². The minimum atomic E-state index is -0.439. The van der Waals surface area contributed by atoms with Crippen molar-refractivity contribution in [2.45, 2.75) is 46.0 Å². The summed E-state index contributed by atoms with van der Waals surface area (Å²) in [5.74, 6) is -0.0165. The molecule has 3 atom stereocenters. The minimum absolute atomic E-state index is 0.0963. The van der Waals surface area contributed by atoms with Gasteiger partial charge in [-0.15, -0.1) is 0 Å². The Bertz CT molecular complexity index is 507. The van der Waals surface area contributed by atoms with Crippen LogP contribution in [0.4, 0.5) is 0 Å². The number of hydrogen-bond donors (Lipinski definition) is 0. The zero-order valence-electron chi connectivity index (χ0n) is 12.5. The maximum atomic E-state index is 12.3. The Balaban J connectivity index is 2.04. The fraction of sp³-hybridized carbons (Fsp3) is 0.750. The highest BCUT2D eigenvalue weighted by Gasteiger charge is 2.57. The van der Waals surface area contributed by atoms with E-state index < -0.39 is 5.41 Å².